The van der Waals surface area contributed by atoms with Crippen molar-refractivity contribution >= 4 is 13.7 Å². The number of aliphatic hydroxyl groups is 1. The van der Waals surface area contributed by atoms with E-state index in [-0.39, 0.29) is 12.5 Å². The number of allylic oxidation sites excluding steroid dienone is 5. The number of hydrogen-bond donors (Lipinski definition) is 2. The molecule has 0 bridgehead atoms. The Kier molecular flexibility index (Phi) is 51.6. The molecular formula is C61H119N2O6P. The molecule has 9 heteroatoms. The number of phosphoric acid groups is 1. The number of phosphoric ester groups is 1. The minimum Gasteiger partial charge on any atom is -0.756 e. The maximum Gasteiger partial charge on any atom is 0.268 e. The number of amides is 1. The fourth-order valence-corrected chi connectivity index (χ4v) is 9.79. The van der Waals surface area contributed by atoms with Gasteiger partial charge in [0.2, 0.25) is 5.91 Å². The maximum absolute atomic E-state index is 13.0. The van der Waals surface area contributed by atoms with Crippen molar-refractivity contribution < 1.29 is 32.9 Å². The number of carbonyl (C=O) groups is 1. The van der Waals surface area contributed by atoms with Gasteiger partial charge in [-0.15, -0.1) is 0 Å². The Hall–Kier alpha value is -1.28. The van der Waals surface area contributed by atoms with Crippen molar-refractivity contribution in [1.82, 2.24) is 5.32 Å². The summed E-state index contributed by atoms with van der Waals surface area (Å²) in [5.74, 6) is -0.206. The molecule has 0 rings (SSSR count). The molecule has 414 valence electrons. The van der Waals surface area contributed by atoms with E-state index in [1.54, 1.807) is 6.08 Å². The quantitative estimate of drug-likeness (QED) is 0.0272. The smallest absolute Gasteiger partial charge is 0.268 e. The first-order valence-electron chi connectivity index (χ1n) is 30.4. The molecule has 2 N–H and O–H groups in total. The first kappa shape index (κ1) is 68.7. The molecule has 1 amide bonds. The zero-order chi connectivity index (χ0) is 51.3. The van der Waals surface area contributed by atoms with E-state index < -0.39 is 26.6 Å². The Morgan fingerprint density at radius 2 is 0.800 bits per heavy atom. The molecule has 70 heavy (non-hydrogen) atoms. The lowest BCUT2D eigenvalue weighted by Crippen LogP contribution is -2.45. The van der Waals surface area contributed by atoms with Crippen molar-refractivity contribution in [2.45, 2.75) is 309 Å². The van der Waals surface area contributed by atoms with Crippen LogP contribution in [0.5, 0.6) is 0 Å². The monoisotopic (exact) mass is 1010 g/mol. The number of unbranched alkanes of at least 4 members (excludes halogenated alkanes) is 39. The molecule has 0 aliphatic heterocycles. The molecule has 0 aliphatic carbocycles. The number of quaternary nitrogens is 1. The Balaban J connectivity index is 4.08. The average molecular weight is 1010 g/mol. The van der Waals surface area contributed by atoms with Crippen LogP contribution in [0.15, 0.2) is 36.5 Å². The van der Waals surface area contributed by atoms with Crippen LogP contribution in [0.1, 0.15) is 296 Å². The third-order valence-electron chi connectivity index (χ3n) is 13.8. The molecule has 0 aliphatic rings. The zero-order valence-electron chi connectivity index (χ0n) is 47.2. The number of hydrogen-bond acceptors (Lipinski definition) is 6. The Morgan fingerprint density at radius 3 is 1.16 bits per heavy atom. The molecule has 0 aromatic heterocycles. The molecule has 8 nitrogen and oxygen atoms in total. The summed E-state index contributed by atoms with van der Waals surface area (Å²) < 4.78 is 23.3. The molecule has 0 aromatic rings. The number of nitrogens with one attached hydrogen (secondary N) is 1. The van der Waals surface area contributed by atoms with Crippen LogP contribution in [-0.2, 0) is 18.4 Å². The first-order chi connectivity index (χ1) is 34.0. The second-order valence-electron chi connectivity index (χ2n) is 22.0. The summed E-state index contributed by atoms with van der Waals surface area (Å²) in [6, 6.07) is -0.908. The molecule has 0 saturated carbocycles. The summed E-state index contributed by atoms with van der Waals surface area (Å²) in [6.07, 6.45) is 68.2. The number of rotatable bonds is 56. The van der Waals surface area contributed by atoms with E-state index in [0.29, 0.717) is 17.4 Å². The minimum absolute atomic E-state index is 0.00742. The van der Waals surface area contributed by atoms with Crippen molar-refractivity contribution in [3.63, 3.8) is 0 Å². The van der Waals surface area contributed by atoms with Gasteiger partial charge in [0.1, 0.15) is 13.2 Å². The van der Waals surface area contributed by atoms with Crippen molar-refractivity contribution in [3.05, 3.63) is 36.5 Å². The fourth-order valence-electron chi connectivity index (χ4n) is 9.07. The second kappa shape index (κ2) is 52.6. The summed E-state index contributed by atoms with van der Waals surface area (Å²) in [6.45, 7) is 4.65. The van der Waals surface area contributed by atoms with Crippen molar-refractivity contribution in [2.24, 2.45) is 0 Å². The van der Waals surface area contributed by atoms with E-state index in [2.05, 4.69) is 43.5 Å². The SMILES string of the molecule is CCCCCCCCC/C=C/CC/C=C/CC/C=C/C(O)C(COP(=O)([O-])OCC[N+](C)(C)C)NC(=O)CCCCCCCCCCCCCCCCCCCCCCCCCCCCCCCCC. The molecule has 3 atom stereocenters. The standard InChI is InChI=1S/C61H119N2O6P/c1-6-8-10-12-14-16-18-20-22-24-25-26-27-28-29-30-31-32-33-34-35-36-37-39-41-43-45-47-49-51-53-55-61(65)62-59(58-69-70(66,67)68-57-56-63(3,4)5)60(64)54-52-50-48-46-44-42-40-38-23-21-19-17-15-13-11-9-7-2/h23,38,44,46,52,54,59-60,64H,6-22,24-37,39-43,45,47-51,53,55-58H2,1-5H3,(H-,62,65,66,67)/b38-23+,46-44+,54-52+. The minimum atomic E-state index is -4.61. The topological polar surface area (TPSA) is 108 Å². The van der Waals surface area contributed by atoms with Crippen LogP contribution in [0.4, 0.5) is 0 Å². The summed E-state index contributed by atoms with van der Waals surface area (Å²) in [7, 11) is 1.25. The van der Waals surface area contributed by atoms with Crippen LogP contribution in [-0.4, -0.2) is 68.5 Å². The number of nitrogens with zero attached hydrogens (tertiary/aromatic N) is 1. The highest BCUT2D eigenvalue weighted by Crippen LogP contribution is 2.38. The average Bonchev–Trinajstić information content (AvgIpc) is 3.32. The third kappa shape index (κ3) is 54.5. The molecule has 0 spiro atoms. The summed E-state index contributed by atoms with van der Waals surface area (Å²) >= 11 is 0. The van der Waals surface area contributed by atoms with Crippen LogP contribution in [0.2, 0.25) is 0 Å². The van der Waals surface area contributed by atoms with E-state index in [1.165, 1.54) is 231 Å². The summed E-state index contributed by atoms with van der Waals surface area (Å²) in [4.78, 5) is 25.5. The van der Waals surface area contributed by atoms with Gasteiger partial charge in [-0.1, -0.05) is 281 Å². The van der Waals surface area contributed by atoms with Gasteiger partial charge >= 0.3 is 0 Å². The second-order valence-corrected chi connectivity index (χ2v) is 23.5. The van der Waals surface area contributed by atoms with Gasteiger partial charge in [-0.3, -0.25) is 9.36 Å². The van der Waals surface area contributed by atoms with E-state index in [0.717, 1.165) is 44.9 Å². The third-order valence-corrected chi connectivity index (χ3v) is 14.8. The lowest BCUT2D eigenvalue weighted by molar-refractivity contribution is -0.870. The van der Waals surface area contributed by atoms with Crippen LogP contribution >= 0.6 is 7.82 Å². The van der Waals surface area contributed by atoms with Crippen LogP contribution in [0, 0.1) is 0 Å². The molecule has 3 unspecified atom stereocenters. The predicted octanol–water partition coefficient (Wildman–Crippen LogP) is 17.9. The molecular weight excluding hydrogens is 888 g/mol. The highest BCUT2D eigenvalue weighted by Gasteiger charge is 2.23. The Morgan fingerprint density at radius 1 is 0.486 bits per heavy atom. The van der Waals surface area contributed by atoms with Gasteiger partial charge in [0, 0.05) is 6.42 Å². The summed E-state index contributed by atoms with van der Waals surface area (Å²) in [5.41, 5.74) is 0. The molecule has 0 aromatic carbocycles. The lowest BCUT2D eigenvalue weighted by atomic mass is 10.0. The van der Waals surface area contributed by atoms with Crippen molar-refractivity contribution in [3.8, 4) is 0 Å². The lowest BCUT2D eigenvalue weighted by Gasteiger charge is -2.29. The largest absolute Gasteiger partial charge is 0.756 e. The highest BCUT2D eigenvalue weighted by molar-refractivity contribution is 7.45. The van der Waals surface area contributed by atoms with Gasteiger partial charge in [-0.2, -0.15) is 0 Å². The van der Waals surface area contributed by atoms with E-state index in [1.807, 2.05) is 27.2 Å². The normalized spacial score (nSPS) is 14.1. The van der Waals surface area contributed by atoms with Gasteiger partial charge in [-0.25, -0.2) is 0 Å². The zero-order valence-corrected chi connectivity index (χ0v) is 48.1. The first-order valence-corrected chi connectivity index (χ1v) is 31.8. The fraction of sp³-hybridized carbons (Fsp3) is 0.885. The van der Waals surface area contributed by atoms with E-state index >= 15 is 0 Å². The van der Waals surface area contributed by atoms with Crippen LogP contribution in [0.25, 0.3) is 0 Å². The Bertz CT molecular complexity index is 1230. The van der Waals surface area contributed by atoms with E-state index in [9.17, 15) is 19.4 Å². The molecule has 0 saturated heterocycles. The van der Waals surface area contributed by atoms with Crippen molar-refractivity contribution in [2.75, 3.05) is 40.9 Å². The van der Waals surface area contributed by atoms with E-state index in [4.69, 9.17) is 9.05 Å². The summed E-state index contributed by atoms with van der Waals surface area (Å²) in [5, 5.41) is 13.9. The molecule has 0 fully saturated rings. The predicted molar refractivity (Wildman–Crippen MR) is 302 cm³/mol. The van der Waals surface area contributed by atoms with Gasteiger partial charge < -0.3 is 28.8 Å². The van der Waals surface area contributed by atoms with Gasteiger partial charge in [-0.05, 0) is 44.9 Å². The Labute approximate surface area is 436 Å². The van der Waals surface area contributed by atoms with Gasteiger partial charge in [0.25, 0.3) is 7.82 Å². The van der Waals surface area contributed by atoms with Crippen molar-refractivity contribution in [1.29, 1.82) is 0 Å². The highest BCUT2D eigenvalue weighted by atomic mass is 31.2. The molecule has 0 radical (unpaired) electrons. The van der Waals surface area contributed by atoms with Gasteiger partial charge in [0.05, 0.1) is 39.9 Å². The number of likely N-dealkylation sites (N-methyl/N-ethyl adjacent to an activating group) is 1. The number of aliphatic hydroxyl groups excluding tert-OH is 1. The van der Waals surface area contributed by atoms with Crippen LogP contribution < -0.4 is 10.2 Å². The molecule has 0 heterocycles. The maximum atomic E-state index is 13.0. The van der Waals surface area contributed by atoms with Crippen LogP contribution in [0.3, 0.4) is 0 Å². The number of carbonyl (C=O) groups excluding carboxylic acids is 1. The van der Waals surface area contributed by atoms with Gasteiger partial charge in [0.15, 0.2) is 0 Å².